The standard InChI is InChI=1S/C12H16N2O3/c1-13(2)5-6-14-10-7-9(8-15)3-4-11(10)17-12(14)16/h3-4,7,15H,5-6,8H2,1-2H3. The van der Waals surface area contributed by atoms with E-state index in [1.54, 1.807) is 22.8 Å². The van der Waals surface area contributed by atoms with Crippen molar-refractivity contribution in [2.75, 3.05) is 20.6 Å². The second kappa shape index (κ2) is 4.73. The van der Waals surface area contributed by atoms with E-state index in [1.165, 1.54) is 0 Å². The van der Waals surface area contributed by atoms with Crippen LogP contribution in [0.5, 0.6) is 0 Å². The summed E-state index contributed by atoms with van der Waals surface area (Å²) in [6.07, 6.45) is 0. The molecule has 0 aliphatic carbocycles. The van der Waals surface area contributed by atoms with Crippen molar-refractivity contribution < 1.29 is 9.52 Å². The minimum absolute atomic E-state index is 0.0387. The molecule has 92 valence electrons. The molecule has 5 nitrogen and oxygen atoms in total. The molecule has 0 spiro atoms. The highest BCUT2D eigenvalue weighted by molar-refractivity contribution is 5.73. The van der Waals surface area contributed by atoms with Crippen molar-refractivity contribution in [3.8, 4) is 0 Å². The van der Waals surface area contributed by atoms with Gasteiger partial charge in [-0.3, -0.25) is 4.57 Å². The van der Waals surface area contributed by atoms with Gasteiger partial charge in [0.1, 0.15) is 0 Å². The Hall–Kier alpha value is -1.59. The quantitative estimate of drug-likeness (QED) is 0.846. The van der Waals surface area contributed by atoms with Gasteiger partial charge in [0, 0.05) is 13.1 Å². The fraction of sp³-hybridized carbons (Fsp3) is 0.417. The summed E-state index contributed by atoms with van der Waals surface area (Å²) in [6.45, 7) is 1.30. The molecule has 2 aromatic rings. The fourth-order valence-corrected chi connectivity index (χ4v) is 1.72. The first-order valence-electron chi connectivity index (χ1n) is 5.49. The Morgan fingerprint density at radius 1 is 1.41 bits per heavy atom. The summed E-state index contributed by atoms with van der Waals surface area (Å²) in [6, 6.07) is 5.26. The van der Waals surface area contributed by atoms with Crippen LogP contribution in [0.1, 0.15) is 5.56 Å². The summed E-state index contributed by atoms with van der Waals surface area (Å²) in [5.74, 6) is -0.350. The second-order valence-electron chi connectivity index (χ2n) is 4.28. The number of hydrogen-bond acceptors (Lipinski definition) is 4. The molecular formula is C12H16N2O3. The molecule has 1 heterocycles. The van der Waals surface area contributed by atoms with Gasteiger partial charge in [0.25, 0.3) is 0 Å². The zero-order valence-corrected chi connectivity index (χ0v) is 10.0. The molecular weight excluding hydrogens is 220 g/mol. The number of rotatable bonds is 4. The average Bonchev–Trinajstić information content (AvgIpc) is 2.61. The molecule has 0 radical (unpaired) electrons. The zero-order chi connectivity index (χ0) is 12.4. The second-order valence-corrected chi connectivity index (χ2v) is 4.28. The van der Waals surface area contributed by atoms with Crippen molar-refractivity contribution in [1.29, 1.82) is 0 Å². The molecule has 5 heteroatoms. The average molecular weight is 236 g/mol. The third-order valence-corrected chi connectivity index (χ3v) is 2.69. The molecule has 0 unspecified atom stereocenters. The van der Waals surface area contributed by atoms with Gasteiger partial charge in [-0.2, -0.15) is 0 Å². The van der Waals surface area contributed by atoms with Crippen LogP contribution in [-0.2, 0) is 13.2 Å². The molecule has 0 atom stereocenters. The van der Waals surface area contributed by atoms with E-state index < -0.39 is 0 Å². The van der Waals surface area contributed by atoms with Gasteiger partial charge in [-0.15, -0.1) is 0 Å². The van der Waals surface area contributed by atoms with Crippen LogP contribution in [0.15, 0.2) is 27.4 Å². The van der Waals surface area contributed by atoms with Gasteiger partial charge in [-0.1, -0.05) is 6.07 Å². The SMILES string of the molecule is CN(C)CCn1c(=O)oc2ccc(CO)cc21. The van der Waals surface area contributed by atoms with Crippen molar-refractivity contribution in [3.05, 3.63) is 34.3 Å². The molecule has 2 rings (SSSR count). The maximum atomic E-state index is 11.7. The Morgan fingerprint density at radius 3 is 2.82 bits per heavy atom. The number of aliphatic hydroxyl groups is 1. The Morgan fingerprint density at radius 2 is 2.18 bits per heavy atom. The summed E-state index contributed by atoms with van der Waals surface area (Å²) >= 11 is 0. The van der Waals surface area contributed by atoms with E-state index in [4.69, 9.17) is 9.52 Å². The summed E-state index contributed by atoms with van der Waals surface area (Å²) < 4.78 is 6.73. The third kappa shape index (κ3) is 2.40. The number of nitrogens with zero attached hydrogens (tertiary/aromatic N) is 2. The van der Waals surface area contributed by atoms with Gasteiger partial charge >= 0.3 is 5.76 Å². The first-order chi connectivity index (χ1) is 8.11. The Kier molecular flexibility index (Phi) is 3.31. The number of likely N-dealkylation sites (N-methyl/N-ethyl adjacent to an activating group) is 1. The van der Waals surface area contributed by atoms with Crippen LogP contribution in [-0.4, -0.2) is 35.2 Å². The summed E-state index contributed by atoms with van der Waals surface area (Å²) in [5.41, 5.74) is 2.08. The van der Waals surface area contributed by atoms with Crippen molar-refractivity contribution in [1.82, 2.24) is 9.47 Å². The molecule has 1 N–H and O–H groups in total. The van der Waals surface area contributed by atoms with Crippen LogP contribution >= 0.6 is 0 Å². The van der Waals surface area contributed by atoms with Gasteiger partial charge in [0.05, 0.1) is 12.1 Å². The van der Waals surface area contributed by atoms with Crippen LogP contribution in [0.25, 0.3) is 11.1 Å². The Balaban J connectivity index is 2.45. The molecule has 0 aliphatic rings. The van der Waals surface area contributed by atoms with E-state index in [0.29, 0.717) is 12.1 Å². The van der Waals surface area contributed by atoms with Crippen molar-refractivity contribution in [2.45, 2.75) is 13.2 Å². The van der Waals surface area contributed by atoms with Crippen molar-refractivity contribution >= 4 is 11.1 Å². The van der Waals surface area contributed by atoms with E-state index in [0.717, 1.165) is 17.6 Å². The van der Waals surface area contributed by atoms with E-state index in [9.17, 15) is 4.79 Å². The van der Waals surface area contributed by atoms with Crippen LogP contribution < -0.4 is 5.76 Å². The molecule has 0 amide bonds. The Labute approximate surface area is 98.9 Å². The maximum absolute atomic E-state index is 11.7. The topological polar surface area (TPSA) is 58.6 Å². The number of aliphatic hydroxyl groups excluding tert-OH is 1. The largest absolute Gasteiger partial charge is 0.419 e. The van der Waals surface area contributed by atoms with Gasteiger partial charge in [0.2, 0.25) is 0 Å². The minimum Gasteiger partial charge on any atom is -0.408 e. The van der Waals surface area contributed by atoms with Crippen LogP contribution in [0.2, 0.25) is 0 Å². The number of benzene rings is 1. The monoisotopic (exact) mass is 236 g/mol. The molecule has 1 aromatic heterocycles. The van der Waals surface area contributed by atoms with Crippen LogP contribution in [0.3, 0.4) is 0 Å². The fourth-order valence-electron chi connectivity index (χ4n) is 1.72. The van der Waals surface area contributed by atoms with Crippen LogP contribution in [0, 0.1) is 0 Å². The minimum atomic E-state index is -0.350. The number of hydrogen-bond donors (Lipinski definition) is 1. The lowest BCUT2D eigenvalue weighted by Gasteiger charge is -2.09. The smallest absolute Gasteiger partial charge is 0.408 e. The van der Waals surface area contributed by atoms with Gasteiger partial charge in [-0.05, 0) is 31.8 Å². The summed E-state index contributed by atoms with van der Waals surface area (Å²) in [7, 11) is 3.90. The number of oxazole rings is 1. The lowest BCUT2D eigenvalue weighted by molar-refractivity contribution is 0.282. The molecule has 0 fully saturated rings. The molecule has 0 saturated heterocycles. The van der Waals surface area contributed by atoms with E-state index in [1.807, 2.05) is 19.0 Å². The normalized spacial score (nSPS) is 11.5. The van der Waals surface area contributed by atoms with Gasteiger partial charge < -0.3 is 14.4 Å². The van der Waals surface area contributed by atoms with Gasteiger partial charge in [0.15, 0.2) is 5.58 Å². The molecule has 0 saturated carbocycles. The first kappa shape index (κ1) is 11.9. The van der Waals surface area contributed by atoms with Crippen LogP contribution in [0.4, 0.5) is 0 Å². The summed E-state index contributed by atoms with van der Waals surface area (Å²) in [4.78, 5) is 13.7. The zero-order valence-electron chi connectivity index (χ0n) is 10.0. The van der Waals surface area contributed by atoms with E-state index in [-0.39, 0.29) is 12.4 Å². The van der Waals surface area contributed by atoms with Gasteiger partial charge in [-0.25, -0.2) is 4.79 Å². The lowest BCUT2D eigenvalue weighted by Crippen LogP contribution is -2.23. The molecule has 0 aliphatic heterocycles. The highest BCUT2D eigenvalue weighted by atomic mass is 16.4. The molecule has 0 bridgehead atoms. The highest BCUT2D eigenvalue weighted by Gasteiger charge is 2.09. The predicted octanol–water partition coefficient (Wildman–Crippen LogP) is 0.648. The van der Waals surface area contributed by atoms with E-state index >= 15 is 0 Å². The predicted molar refractivity (Wildman–Crippen MR) is 65.0 cm³/mol. The third-order valence-electron chi connectivity index (χ3n) is 2.69. The van der Waals surface area contributed by atoms with Crippen molar-refractivity contribution in [2.24, 2.45) is 0 Å². The molecule has 1 aromatic carbocycles. The highest BCUT2D eigenvalue weighted by Crippen LogP contribution is 2.15. The first-order valence-corrected chi connectivity index (χ1v) is 5.49. The van der Waals surface area contributed by atoms with E-state index in [2.05, 4.69) is 0 Å². The maximum Gasteiger partial charge on any atom is 0.419 e. The van der Waals surface area contributed by atoms with Crippen molar-refractivity contribution in [3.63, 3.8) is 0 Å². The lowest BCUT2D eigenvalue weighted by atomic mass is 10.2. The Bertz CT molecular complexity index is 569. The number of aromatic nitrogens is 1. The molecule has 17 heavy (non-hydrogen) atoms. The summed E-state index contributed by atoms with van der Waals surface area (Å²) in [5, 5.41) is 9.09. The number of fused-ring (bicyclic) bond motifs is 1.